The summed E-state index contributed by atoms with van der Waals surface area (Å²) in [6, 6.07) is -0.479. The van der Waals surface area contributed by atoms with E-state index in [1.807, 2.05) is 13.8 Å². The number of halogens is 1. The molecule has 2 aliphatic rings. The van der Waals surface area contributed by atoms with Gasteiger partial charge in [0.2, 0.25) is 0 Å². The Morgan fingerprint density at radius 2 is 2.38 bits per heavy atom. The second-order valence-corrected chi connectivity index (χ2v) is 6.48. The molecule has 0 amide bonds. The van der Waals surface area contributed by atoms with Crippen molar-refractivity contribution in [1.29, 1.82) is 0 Å². The monoisotopic (exact) mass is 303 g/mol. The van der Waals surface area contributed by atoms with Crippen molar-refractivity contribution in [3.8, 4) is 0 Å². The van der Waals surface area contributed by atoms with E-state index in [2.05, 4.69) is 26.0 Å². The molecule has 0 spiro atoms. The van der Waals surface area contributed by atoms with Gasteiger partial charge in [0, 0.05) is 15.2 Å². The van der Waals surface area contributed by atoms with Gasteiger partial charge in [-0.2, -0.15) is 0 Å². The van der Waals surface area contributed by atoms with Crippen LogP contribution in [0.4, 0.5) is 0 Å². The topological polar surface area (TPSA) is 78.2 Å². The quantitative estimate of drug-likeness (QED) is 0.459. The van der Waals surface area contributed by atoms with Crippen molar-refractivity contribution in [3.63, 3.8) is 0 Å². The van der Waals surface area contributed by atoms with Crippen LogP contribution in [0.2, 0.25) is 0 Å². The van der Waals surface area contributed by atoms with Gasteiger partial charge in [-0.25, -0.2) is 0 Å². The summed E-state index contributed by atoms with van der Waals surface area (Å²) in [5, 5.41) is 14.4. The van der Waals surface area contributed by atoms with Crippen LogP contribution < -0.4 is 0 Å². The number of thioether (sulfide) groups is 1. The number of hydrogen-bond donors (Lipinski definition) is 1. The minimum absolute atomic E-state index is 0.362. The van der Waals surface area contributed by atoms with E-state index in [4.69, 9.17) is 10.3 Å². The molecule has 0 aromatic carbocycles. The van der Waals surface area contributed by atoms with Gasteiger partial charge in [-0.1, -0.05) is 16.9 Å². The number of azide groups is 1. The van der Waals surface area contributed by atoms with Crippen LogP contribution in [0.5, 0.6) is 0 Å². The minimum atomic E-state index is -0.667. The molecule has 0 aromatic heterocycles. The van der Waals surface area contributed by atoms with Gasteiger partial charge in [-0.05, 0) is 41.4 Å². The number of rotatable bonds is 1. The summed E-state index contributed by atoms with van der Waals surface area (Å²) < 4.78 is 5.62. The van der Waals surface area contributed by atoms with Gasteiger partial charge in [-0.15, -0.1) is 0 Å². The van der Waals surface area contributed by atoms with Crippen LogP contribution in [0.25, 0.3) is 10.4 Å². The summed E-state index contributed by atoms with van der Waals surface area (Å²) in [5.41, 5.74) is 9.15. The summed E-state index contributed by atoms with van der Waals surface area (Å²) in [5.74, 6) is 0. The molecular weight excluding hydrogens is 294 g/mol. The van der Waals surface area contributed by atoms with Crippen molar-refractivity contribution in [2.24, 2.45) is 5.11 Å². The predicted octanol–water partition coefficient (Wildman–Crippen LogP) is 3.03. The largest absolute Gasteiger partial charge is 0.443 e. The lowest BCUT2D eigenvalue weighted by Gasteiger charge is -2.24. The van der Waals surface area contributed by atoms with Gasteiger partial charge in [0.05, 0.1) is 12.1 Å². The zero-order valence-electron chi connectivity index (χ0n) is 8.72. The molecule has 0 aliphatic carbocycles. The molecule has 2 atom stereocenters. The van der Waals surface area contributed by atoms with Crippen LogP contribution in [0.1, 0.15) is 13.8 Å². The zero-order valence-corrected chi connectivity index (χ0v) is 11.1. The highest BCUT2D eigenvalue weighted by atomic mass is 79.9. The molecule has 2 rings (SSSR count). The van der Waals surface area contributed by atoms with Crippen molar-refractivity contribution in [2.75, 3.05) is 0 Å². The van der Waals surface area contributed by atoms with Crippen LogP contribution in [0.15, 0.2) is 26.5 Å². The average Bonchev–Trinajstić information content (AvgIpc) is 2.37. The van der Waals surface area contributed by atoms with E-state index in [1.165, 1.54) is 11.8 Å². The van der Waals surface area contributed by atoms with Gasteiger partial charge in [0.15, 0.2) is 9.76 Å². The molecular formula is C9H10BrN3O2S. The fraction of sp³-hybridized carbons (Fsp3) is 0.556. The molecule has 7 heteroatoms. The Morgan fingerprint density at radius 3 is 3.00 bits per heavy atom. The van der Waals surface area contributed by atoms with E-state index in [0.29, 0.717) is 15.3 Å². The third-order valence-electron chi connectivity index (χ3n) is 2.52. The molecule has 0 unspecified atom stereocenters. The first-order valence-electron chi connectivity index (χ1n) is 4.66. The first-order valence-corrected chi connectivity index (χ1v) is 6.27. The van der Waals surface area contributed by atoms with Gasteiger partial charge < -0.3 is 9.84 Å². The first kappa shape index (κ1) is 11.9. The van der Waals surface area contributed by atoms with Crippen LogP contribution in [0.3, 0.4) is 0 Å². The molecule has 2 aliphatic heterocycles. The normalized spacial score (nSPS) is 31.4. The van der Waals surface area contributed by atoms with Gasteiger partial charge >= 0.3 is 0 Å². The average molecular weight is 304 g/mol. The first-order chi connectivity index (χ1) is 7.45. The molecule has 0 saturated heterocycles. The second-order valence-electron chi connectivity index (χ2n) is 4.07. The van der Waals surface area contributed by atoms with Crippen molar-refractivity contribution < 1.29 is 9.84 Å². The predicted molar refractivity (Wildman–Crippen MR) is 65.7 cm³/mol. The molecule has 16 heavy (non-hydrogen) atoms. The standard InChI is InChI=1S/C9H10BrN3O2S/c1-9(2)7(14)6-4(12-13-11)3-5(10)15-8(6)16-9/h3-4,7,14H,1-2H3/t4-,7+/m0/s1. The summed E-state index contributed by atoms with van der Waals surface area (Å²) in [4.78, 5) is 2.79. The number of ether oxygens (including phenoxy) is 1. The summed E-state index contributed by atoms with van der Waals surface area (Å²) in [6.45, 7) is 3.84. The molecule has 1 N–H and O–H groups in total. The van der Waals surface area contributed by atoms with Crippen LogP contribution in [-0.2, 0) is 4.74 Å². The van der Waals surface area contributed by atoms with Gasteiger partial charge in [-0.3, -0.25) is 0 Å². The Hall–Kier alpha value is -0.620. The Kier molecular flexibility index (Phi) is 2.96. The van der Waals surface area contributed by atoms with E-state index in [0.717, 1.165) is 0 Å². The maximum atomic E-state index is 10.1. The fourth-order valence-electron chi connectivity index (χ4n) is 1.69. The molecule has 0 radical (unpaired) electrons. The third kappa shape index (κ3) is 1.84. The lowest BCUT2D eigenvalue weighted by atomic mass is 9.94. The second kappa shape index (κ2) is 4.00. The van der Waals surface area contributed by atoms with Crippen molar-refractivity contribution >= 4 is 27.7 Å². The number of hydrogen-bond acceptors (Lipinski definition) is 4. The summed E-state index contributed by atoms with van der Waals surface area (Å²) in [6.07, 6.45) is 0.976. The lowest BCUT2D eigenvalue weighted by molar-refractivity contribution is 0.172. The highest BCUT2D eigenvalue weighted by molar-refractivity contribution is 9.11. The third-order valence-corrected chi connectivity index (χ3v) is 4.20. The van der Waals surface area contributed by atoms with E-state index in [9.17, 15) is 5.11 Å². The van der Waals surface area contributed by atoms with E-state index in [1.54, 1.807) is 6.08 Å². The smallest absolute Gasteiger partial charge is 0.167 e. The maximum Gasteiger partial charge on any atom is 0.167 e. The fourth-order valence-corrected chi connectivity index (χ4v) is 3.41. The van der Waals surface area contributed by atoms with E-state index < -0.39 is 12.1 Å². The van der Waals surface area contributed by atoms with E-state index in [-0.39, 0.29) is 4.75 Å². The maximum absolute atomic E-state index is 10.1. The molecule has 0 bridgehead atoms. The van der Waals surface area contributed by atoms with Crippen molar-refractivity contribution in [2.45, 2.75) is 30.7 Å². The summed E-state index contributed by atoms with van der Waals surface area (Å²) in [7, 11) is 0. The van der Waals surface area contributed by atoms with Crippen LogP contribution in [-0.4, -0.2) is 22.0 Å². The van der Waals surface area contributed by atoms with Crippen molar-refractivity contribution in [3.05, 3.63) is 31.9 Å². The van der Waals surface area contributed by atoms with Crippen LogP contribution in [0, 0.1) is 0 Å². The molecule has 86 valence electrons. The number of aliphatic hydroxyl groups is 1. The molecule has 0 aromatic rings. The minimum Gasteiger partial charge on any atom is -0.443 e. The number of aliphatic hydroxyl groups excluding tert-OH is 1. The van der Waals surface area contributed by atoms with E-state index >= 15 is 0 Å². The number of nitrogens with zero attached hydrogens (tertiary/aromatic N) is 3. The lowest BCUT2D eigenvalue weighted by Crippen LogP contribution is -2.33. The Balaban J connectivity index is 2.41. The Bertz CT molecular complexity index is 440. The zero-order chi connectivity index (χ0) is 11.9. The highest BCUT2D eigenvalue weighted by Crippen LogP contribution is 2.51. The SMILES string of the molecule is CC1(C)SC2=C([C@@H](N=[N+]=[N-])C=C(Br)O2)[C@H]1O. The molecule has 0 saturated carbocycles. The van der Waals surface area contributed by atoms with Crippen LogP contribution >= 0.6 is 27.7 Å². The molecule has 5 nitrogen and oxygen atoms in total. The van der Waals surface area contributed by atoms with Crippen molar-refractivity contribution in [1.82, 2.24) is 0 Å². The van der Waals surface area contributed by atoms with Gasteiger partial charge in [0.1, 0.15) is 0 Å². The summed E-state index contributed by atoms with van der Waals surface area (Å²) >= 11 is 4.67. The Labute approximate surface area is 105 Å². The molecule has 2 heterocycles. The van der Waals surface area contributed by atoms with Gasteiger partial charge in [0.25, 0.3) is 0 Å². The highest BCUT2D eigenvalue weighted by Gasteiger charge is 2.46. The molecule has 0 fully saturated rings. The Morgan fingerprint density at radius 1 is 1.69 bits per heavy atom.